The Morgan fingerprint density at radius 2 is 1.85 bits per heavy atom. The number of aryl methyl sites for hydroxylation is 2. The molecular formula is C16H17IN2O. The molecule has 2 aromatic carbocycles. The molecular weight excluding hydrogens is 363 g/mol. The number of nitrogen functional groups attached to an aromatic ring is 1. The summed E-state index contributed by atoms with van der Waals surface area (Å²) in [5.74, 6) is -0.126. The van der Waals surface area contributed by atoms with E-state index < -0.39 is 0 Å². The number of carbonyl (C=O) groups is 1. The van der Waals surface area contributed by atoms with Crippen molar-refractivity contribution in [1.82, 2.24) is 0 Å². The molecule has 0 heterocycles. The first-order valence-corrected chi connectivity index (χ1v) is 7.41. The lowest BCUT2D eigenvalue weighted by Crippen LogP contribution is -2.15. The number of hydrogen-bond donors (Lipinski definition) is 2. The topological polar surface area (TPSA) is 55.1 Å². The maximum Gasteiger partial charge on any atom is 0.256 e. The van der Waals surface area contributed by atoms with Gasteiger partial charge in [0.05, 0.1) is 0 Å². The zero-order valence-electron chi connectivity index (χ0n) is 11.8. The van der Waals surface area contributed by atoms with Gasteiger partial charge in [0.2, 0.25) is 0 Å². The Morgan fingerprint density at radius 1 is 1.15 bits per heavy atom. The summed E-state index contributed by atoms with van der Waals surface area (Å²) in [5, 5.41) is 2.96. The summed E-state index contributed by atoms with van der Waals surface area (Å²) in [6.07, 6.45) is 0. The van der Waals surface area contributed by atoms with Crippen molar-refractivity contribution in [1.29, 1.82) is 0 Å². The van der Waals surface area contributed by atoms with E-state index >= 15 is 0 Å². The molecule has 4 heteroatoms. The van der Waals surface area contributed by atoms with Crippen molar-refractivity contribution < 1.29 is 4.79 Å². The average Bonchev–Trinajstić information content (AvgIpc) is 2.39. The van der Waals surface area contributed by atoms with Crippen molar-refractivity contribution in [2.24, 2.45) is 0 Å². The Bertz CT molecular complexity index is 680. The third-order valence-corrected chi connectivity index (χ3v) is 4.54. The van der Waals surface area contributed by atoms with Crippen LogP contribution in [0.1, 0.15) is 27.0 Å². The van der Waals surface area contributed by atoms with Gasteiger partial charge in [-0.1, -0.05) is 6.07 Å². The van der Waals surface area contributed by atoms with Crippen LogP contribution >= 0.6 is 22.6 Å². The van der Waals surface area contributed by atoms with E-state index in [1.54, 1.807) is 18.2 Å². The van der Waals surface area contributed by atoms with E-state index in [0.717, 1.165) is 22.4 Å². The van der Waals surface area contributed by atoms with Crippen molar-refractivity contribution in [2.45, 2.75) is 20.8 Å². The Balaban J connectivity index is 2.33. The quantitative estimate of drug-likeness (QED) is 0.610. The zero-order valence-corrected chi connectivity index (χ0v) is 13.9. The van der Waals surface area contributed by atoms with Crippen molar-refractivity contribution >= 4 is 39.9 Å². The second-order valence-corrected chi connectivity index (χ2v) is 6.05. The fourth-order valence-electron chi connectivity index (χ4n) is 2.00. The summed E-state index contributed by atoms with van der Waals surface area (Å²) >= 11 is 2.29. The van der Waals surface area contributed by atoms with Gasteiger partial charge in [-0.15, -0.1) is 0 Å². The predicted molar refractivity (Wildman–Crippen MR) is 92.2 cm³/mol. The van der Waals surface area contributed by atoms with Crippen LogP contribution in [0.15, 0.2) is 30.3 Å². The van der Waals surface area contributed by atoms with E-state index in [1.165, 1.54) is 3.57 Å². The van der Waals surface area contributed by atoms with E-state index in [9.17, 15) is 4.79 Å². The first-order valence-electron chi connectivity index (χ1n) is 6.33. The molecule has 0 aliphatic carbocycles. The van der Waals surface area contributed by atoms with Gasteiger partial charge in [0.25, 0.3) is 5.91 Å². The molecule has 0 bridgehead atoms. The Hall–Kier alpha value is -1.56. The minimum Gasteiger partial charge on any atom is -0.398 e. The number of anilines is 2. The van der Waals surface area contributed by atoms with Crippen LogP contribution in [-0.2, 0) is 0 Å². The average molecular weight is 380 g/mol. The van der Waals surface area contributed by atoms with Crippen LogP contribution in [0.2, 0.25) is 0 Å². The Morgan fingerprint density at radius 3 is 2.55 bits per heavy atom. The number of amides is 1. The summed E-state index contributed by atoms with van der Waals surface area (Å²) in [6, 6.07) is 9.44. The van der Waals surface area contributed by atoms with Gasteiger partial charge in [-0.2, -0.15) is 0 Å². The van der Waals surface area contributed by atoms with Crippen LogP contribution in [-0.4, -0.2) is 5.91 Å². The van der Waals surface area contributed by atoms with Crippen molar-refractivity contribution in [2.75, 3.05) is 11.1 Å². The van der Waals surface area contributed by atoms with E-state index in [4.69, 9.17) is 5.73 Å². The van der Waals surface area contributed by atoms with Crippen LogP contribution in [0.5, 0.6) is 0 Å². The number of benzene rings is 2. The molecule has 0 unspecified atom stereocenters. The molecule has 0 aliphatic heterocycles. The number of carbonyl (C=O) groups excluding carboxylic acids is 1. The van der Waals surface area contributed by atoms with Crippen LogP contribution in [0.3, 0.4) is 0 Å². The molecule has 1 amide bonds. The smallest absolute Gasteiger partial charge is 0.256 e. The highest BCUT2D eigenvalue weighted by Gasteiger charge is 2.12. The molecule has 0 aliphatic rings. The Labute approximate surface area is 132 Å². The summed E-state index contributed by atoms with van der Waals surface area (Å²) < 4.78 is 1.19. The fourth-order valence-corrected chi connectivity index (χ4v) is 2.63. The maximum atomic E-state index is 12.4. The number of nitrogens with two attached hydrogens (primary N) is 1. The normalized spacial score (nSPS) is 10.4. The van der Waals surface area contributed by atoms with E-state index in [-0.39, 0.29) is 5.91 Å². The van der Waals surface area contributed by atoms with Gasteiger partial charge in [0, 0.05) is 20.5 Å². The first kappa shape index (κ1) is 14.8. The van der Waals surface area contributed by atoms with E-state index in [2.05, 4.69) is 34.0 Å². The standard InChI is InChI=1S/C16H17IN2O/c1-9-8-15(10(2)7-13(9)17)19-16(20)12-5-4-6-14(18)11(12)3/h4-8H,18H2,1-3H3,(H,19,20). The van der Waals surface area contributed by atoms with Crippen molar-refractivity contribution in [3.63, 3.8) is 0 Å². The molecule has 2 rings (SSSR count). The molecule has 0 saturated heterocycles. The van der Waals surface area contributed by atoms with Crippen LogP contribution in [0.4, 0.5) is 11.4 Å². The number of nitrogens with one attached hydrogen (secondary N) is 1. The highest BCUT2D eigenvalue weighted by molar-refractivity contribution is 14.1. The highest BCUT2D eigenvalue weighted by atomic mass is 127. The maximum absolute atomic E-state index is 12.4. The summed E-state index contributed by atoms with van der Waals surface area (Å²) in [7, 11) is 0. The molecule has 0 atom stereocenters. The molecule has 20 heavy (non-hydrogen) atoms. The lowest BCUT2D eigenvalue weighted by molar-refractivity contribution is 0.102. The lowest BCUT2D eigenvalue weighted by atomic mass is 10.1. The summed E-state index contributed by atoms with van der Waals surface area (Å²) in [6.45, 7) is 5.88. The molecule has 0 radical (unpaired) electrons. The van der Waals surface area contributed by atoms with Gasteiger partial charge >= 0.3 is 0 Å². The third kappa shape index (κ3) is 2.95. The van der Waals surface area contributed by atoms with Gasteiger partial charge in [-0.05, 0) is 84.3 Å². The van der Waals surface area contributed by atoms with Crippen LogP contribution in [0.25, 0.3) is 0 Å². The van der Waals surface area contributed by atoms with Crippen LogP contribution in [0, 0.1) is 24.3 Å². The fraction of sp³-hybridized carbons (Fsp3) is 0.188. The predicted octanol–water partition coefficient (Wildman–Crippen LogP) is 4.05. The zero-order chi connectivity index (χ0) is 14.9. The van der Waals surface area contributed by atoms with Gasteiger partial charge in [0.1, 0.15) is 0 Å². The third-order valence-electron chi connectivity index (χ3n) is 3.37. The van der Waals surface area contributed by atoms with Crippen molar-refractivity contribution in [3.8, 4) is 0 Å². The molecule has 3 N–H and O–H groups in total. The minimum atomic E-state index is -0.126. The van der Waals surface area contributed by atoms with Gasteiger partial charge in [-0.25, -0.2) is 0 Å². The first-order chi connectivity index (χ1) is 9.40. The second-order valence-electron chi connectivity index (χ2n) is 4.89. The van der Waals surface area contributed by atoms with Crippen LogP contribution < -0.4 is 11.1 Å². The van der Waals surface area contributed by atoms with Gasteiger partial charge in [-0.3, -0.25) is 4.79 Å². The Kier molecular flexibility index (Phi) is 4.32. The largest absolute Gasteiger partial charge is 0.398 e. The molecule has 2 aromatic rings. The molecule has 0 saturated carbocycles. The van der Waals surface area contributed by atoms with E-state index in [0.29, 0.717) is 11.3 Å². The monoisotopic (exact) mass is 380 g/mol. The molecule has 0 fully saturated rings. The molecule has 0 aromatic heterocycles. The number of halogens is 1. The second kappa shape index (κ2) is 5.83. The SMILES string of the molecule is Cc1cc(NC(=O)c2cccc(N)c2C)c(C)cc1I. The van der Waals surface area contributed by atoms with E-state index in [1.807, 2.05) is 26.8 Å². The summed E-state index contributed by atoms with van der Waals surface area (Å²) in [5.41, 5.74) is 10.9. The van der Waals surface area contributed by atoms with Crippen molar-refractivity contribution in [3.05, 3.63) is 56.2 Å². The van der Waals surface area contributed by atoms with Gasteiger partial charge < -0.3 is 11.1 Å². The number of rotatable bonds is 2. The van der Waals surface area contributed by atoms with Gasteiger partial charge in [0.15, 0.2) is 0 Å². The highest BCUT2D eigenvalue weighted by Crippen LogP contribution is 2.23. The molecule has 0 spiro atoms. The summed E-state index contributed by atoms with van der Waals surface area (Å²) in [4.78, 5) is 12.4. The minimum absolute atomic E-state index is 0.126. The molecule has 3 nitrogen and oxygen atoms in total. The molecule has 104 valence electrons. The number of hydrogen-bond acceptors (Lipinski definition) is 2. The lowest BCUT2D eigenvalue weighted by Gasteiger charge is -2.12.